The zero-order chi connectivity index (χ0) is 18.6. The number of fused-ring (bicyclic) bond motifs is 4. The van der Waals surface area contributed by atoms with Crippen molar-refractivity contribution in [2.45, 2.75) is 25.4 Å². The molecule has 0 aliphatic carbocycles. The summed E-state index contributed by atoms with van der Waals surface area (Å²) < 4.78 is 18.6. The van der Waals surface area contributed by atoms with E-state index in [0.717, 1.165) is 32.6 Å². The topological polar surface area (TPSA) is 32.8 Å². The predicted octanol–water partition coefficient (Wildman–Crippen LogP) is 3.33. The number of halogens is 1. The van der Waals surface area contributed by atoms with Gasteiger partial charge in [0.2, 0.25) is 0 Å². The van der Waals surface area contributed by atoms with Gasteiger partial charge in [-0.15, -0.1) is 0 Å². The van der Waals surface area contributed by atoms with Crippen LogP contribution in [0.25, 0.3) is 0 Å². The van der Waals surface area contributed by atoms with Gasteiger partial charge in [0, 0.05) is 32.2 Å². The van der Waals surface area contributed by atoms with Gasteiger partial charge in [0.25, 0.3) is 5.91 Å². The molecule has 0 saturated carbocycles. The molecule has 3 saturated heterocycles. The number of carbonyl (C=O) groups excluding carboxylic acids is 1. The minimum Gasteiger partial charge on any atom is -0.484 e. The highest BCUT2D eigenvalue weighted by Crippen LogP contribution is 2.29. The van der Waals surface area contributed by atoms with Gasteiger partial charge in [-0.05, 0) is 48.6 Å². The van der Waals surface area contributed by atoms with Gasteiger partial charge in [0.1, 0.15) is 11.6 Å². The van der Waals surface area contributed by atoms with Gasteiger partial charge in [-0.3, -0.25) is 9.69 Å². The van der Waals surface area contributed by atoms with E-state index >= 15 is 0 Å². The fourth-order valence-corrected chi connectivity index (χ4v) is 4.21. The average Bonchev–Trinajstić information content (AvgIpc) is 2.99. The molecule has 2 aromatic carbocycles. The normalized spacial score (nSPS) is 22.5. The van der Waals surface area contributed by atoms with Crippen LogP contribution in [0.3, 0.4) is 0 Å². The van der Waals surface area contributed by atoms with Crippen LogP contribution in [0.2, 0.25) is 0 Å². The Kier molecular flexibility index (Phi) is 5.39. The van der Waals surface area contributed by atoms with Gasteiger partial charge in [-0.2, -0.15) is 0 Å². The van der Waals surface area contributed by atoms with E-state index in [-0.39, 0.29) is 24.4 Å². The molecule has 0 N–H and O–H groups in total. The number of benzene rings is 2. The highest BCUT2D eigenvalue weighted by Gasteiger charge is 2.37. The zero-order valence-corrected chi connectivity index (χ0v) is 15.4. The van der Waals surface area contributed by atoms with Crippen molar-refractivity contribution < 1.29 is 13.9 Å². The first-order valence-corrected chi connectivity index (χ1v) is 9.61. The molecule has 0 spiro atoms. The summed E-state index contributed by atoms with van der Waals surface area (Å²) in [4.78, 5) is 17.2. The maximum atomic E-state index is 13.0. The van der Waals surface area contributed by atoms with Gasteiger partial charge in [-0.1, -0.05) is 30.3 Å². The molecule has 2 aromatic rings. The van der Waals surface area contributed by atoms with Gasteiger partial charge in [0.05, 0.1) is 0 Å². The number of rotatable bonds is 5. The second-order valence-electron chi connectivity index (χ2n) is 7.57. The van der Waals surface area contributed by atoms with Crippen molar-refractivity contribution in [3.05, 3.63) is 66.0 Å². The monoisotopic (exact) mass is 368 g/mol. The quantitative estimate of drug-likeness (QED) is 0.812. The van der Waals surface area contributed by atoms with Gasteiger partial charge < -0.3 is 9.64 Å². The maximum Gasteiger partial charge on any atom is 0.260 e. The summed E-state index contributed by atoms with van der Waals surface area (Å²) in [5, 5.41) is 0. The summed E-state index contributed by atoms with van der Waals surface area (Å²) in [5.41, 5.74) is 1.32. The third-order valence-corrected chi connectivity index (χ3v) is 5.53. The first-order valence-electron chi connectivity index (χ1n) is 9.61. The molecule has 3 aliphatic rings. The second kappa shape index (κ2) is 8.09. The molecule has 3 heterocycles. The van der Waals surface area contributed by atoms with Crippen molar-refractivity contribution in [3.8, 4) is 5.75 Å². The Morgan fingerprint density at radius 3 is 2.56 bits per heavy atom. The molecule has 5 rings (SSSR count). The van der Waals surface area contributed by atoms with Gasteiger partial charge in [-0.25, -0.2) is 4.39 Å². The summed E-state index contributed by atoms with van der Waals surface area (Å²) in [5.74, 6) is 0.755. The Balaban J connectivity index is 1.36. The largest absolute Gasteiger partial charge is 0.484 e. The van der Waals surface area contributed by atoms with Crippen LogP contribution in [0.15, 0.2) is 54.6 Å². The molecular formula is C22H25FN2O2. The van der Waals surface area contributed by atoms with E-state index in [0.29, 0.717) is 11.7 Å². The smallest absolute Gasteiger partial charge is 0.260 e. The Hall–Kier alpha value is -2.40. The number of ether oxygens (including phenoxy) is 1. The van der Waals surface area contributed by atoms with Crippen LogP contribution in [-0.4, -0.2) is 48.0 Å². The molecule has 0 radical (unpaired) electrons. The molecule has 142 valence electrons. The van der Waals surface area contributed by atoms with E-state index < -0.39 is 0 Å². The second-order valence-corrected chi connectivity index (χ2v) is 7.57. The lowest BCUT2D eigenvalue weighted by molar-refractivity contribution is -0.137. The van der Waals surface area contributed by atoms with Crippen molar-refractivity contribution in [3.63, 3.8) is 0 Å². The lowest BCUT2D eigenvalue weighted by Gasteiger charge is -2.36. The molecule has 2 bridgehead atoms. The first-order chi connectivity index (χ1) is 13.2. The molecule has 0 unspecified atom stereocenters. The molecule has 0 aromatic heterocycles. The standard InChI is InChI=1S/C22H25FN2O2/c23-19-7-10-21(11-8-19)27-16-22(26)25-14-18-6-9-20(25)15-24(13-18)12-17-4-2-1-3-5-17/h1-5,7-8,10-11,18,20H,6,9,12-16H2/t18-,20+/m1/s1. The van der Waals surface area contributed by atoms with Crippen LogP contribution < -0.4 is 4.74 Å². The zero-order valence-electron chi connectivity index (χ0n) is 15.4. The predicted molar refractivity (Wildman–Crippen MR) is 102 cm³/mol. The summed E-state index contributed by atoms with van der Waals surface area (Å²) in [6.45, 7) is 3.69. The Morgan fingerprint density at radius 1 is 1.00 bits per heavy atom. The van der Waals surface area contributed by atoms with Crippen LogP contribution >= 0.6 is 0 Å². The lowest BCUT2D eigenvalue weighted by atomic mass is 9.95. The number of carbonyl (C=O) groups is 1. The number of hydrogen-bond acceptors (Lipinski definition) is 3. The van der Waals surface area contributed by atoms with Crippen molar-refractivity contribution >= 4 is 5.91 Å². The van der Waals surface area contributed by atoms with Crippen molar-refractivity contribution in [1.29, 1.82) is 0 Å². The van der Waals surface area contributed by atoms with E-state index in [1.807, 2.05) is 11.0 Å². The van der Waals surface area contributed by atoms with E-state index in [1.54, 1.807) is 12.1 Å². The van der Waals surface area contributed by atoms with E-state index in [9.17, 15) is 9.18 Å². The fourth-order valence-electron chi connectivity index (χ4n) is 4.21. The number of piperidine rings is 1. The van der Waals surface area contributed by atoms with E-state index in [4.69, 9.17) is 4.74 Å². The van der Waals surface area contributed by atoms with E-state index in [2.05, 4.69) is 29.2 Å². The molecule has 27 heavy (non-hydrogen) atoms. The SMILES string of the molecule is O=C(COc1ccc(F)cc1)N1C[C@@H]2CC[C@H]1CN(Cc1ccccc1)C2. The van der Waals surface area contributed by atoms with Gasteiger partial charge in [0.15, 0.2) is 6.61 Å². The Labute approximate surface area is 159 Å². The third kappa shape index (κ3) is 4.48. The maximum absolute atomic E-state index is 13.0. The lowest BCUT2D eigenvalue weighted by Crippen LogP contribution is -2.49. The Morgan fingerprint density at radius 2 is 1.78 bits per heavy atom. The molecule has 3 fully saturated rings. The minimum absolute atomic E-state index is 0.00748. The molecular weight excluding hydrogens is 343 g/mol. The van der Waals surface area contributed by atoms with Crippen LogP contribution in [0, 0.1) is 11.7 Å². The minimum atomic E-state index is -0.308. The van der Waals surface area contributed by atoms with Crippen LogP contribution in [0.1, 0.15) is 18.4 Å². The number of hydrogen-bond donors (Lipinski definition) is 0. The first kappa shape index (κ1) is 18.0. The summed E-state index contributed by atoms with van der Waals surface area (Å²) in [7, 11) is 0. The van der Waals surface area contributed by atoms with Crippen molar-refractivity contribution in [2.75, 3.05) is 26.2 Å². The van der Waals surface area contributed by atoms with Crippen LogP contribution in [0.5, 0.6) is 5.75 Å². The molecule has 1 amide bonds. The molecule has 2 atom stereocenters. The fraction of sp³-hybridized carbons (Fsp3) is 0.409. The van der Waals surface area contributed by atoms with Gasteiger partial charge >= 0.3 is 0 Å². The third-order valence-electron chi connectivity index (χ3n) is 5.53. The van der Waals surface area contributed by atoms with Crippen LogP contribution in [0.4, 0.5) is 4.39 Å². The summed E-state index contributed by atoms with van der Waals surface area (Å²) >= 11 is 0. The molecule has 5 heteroatoms. The summed E-state index contributed by atoms with van der Waals surface area (Å²) in [6, 6.07) is 16.5. The average molecular weight is 368 g/mol. The Bertz CT molecular complexity index is 766. The van der Waals surface area contributed by atoms with Crippen molar-refractivity contribution in [2.24, 2.45) is 5.92 Å². The molecule has 3 aliphatic heterocycles. The number of amides is 1. The number of nitrogens with zero attached hydrogens (tertiary/aromatic N) is 2. The van der Waals surface area contributed by atoms with Crippen LogP contribution in [-0.2, 0) is 11.3 Å². The highest BCUT2D eigenvalue weighted by atomic mass is 19.1. The molecule has 4 nitrogen and oxygen atoms in total. The highest BCUT2D eigenvalue weighted by molar-refractivity contribution is 5.78. The van der Waals surface area contributed by atoms with E-state index in [1.165, 1.54) is 24.1 Å². The summed E-state index contributed by atoms with van der Waals surface area (Å²) in [6.07, 6.45) is 2.23. The van der Waals surface area contributed by atoms with Crippen molar-refractivity contribution in [1.82, 2.24) is 9.80 Å².